The third-order valence-electron chi connectivity index (χ3n) is 4.91. The number of piperidine rings is 1. The summed E-state index contributed by atoms with van der Waals surface area (Å²) in [5.41, 5.74) is -0.249. The smallest absolute Gasteiger partial charge is 0.416 e. The van der Waals surface area contributed by atoms with Crippen molar-refractivity contribution in [1.82, 2.24) is 4.90 Å². The summed E-state index contributed by atoms with van der Waals surface area (Å²) in [5, 5.41) is 4.41. The molecule has 0 radical (unpaired) electrons. The van der Waals surface area contributed by atoms with Gasteiger partial charge in [0, 0.05) is 24.6 Å². The number of halogens is 3. The maximum Gasteiger partial charge on any atom is 0.416 e. The fourth-order valence-electron chi connectivity index (χ4n) is 3.22. The normalized spacial score (nSPS) is 15.0. The Bertz CT molecular complexity index is 932. The van der Waals surface area contributed by atoms with Gasteiger partial charge in [-0.1, -0.05) is 0 Å². The summed E-state index contributed by atoms with van der Waals surface area (Å²) >= 11 is 1.16. The summed E-state index contributed by atoms with van der Waals surface area (Å²) in [7, 11) is 1.26. The molecule has 6 nitrogen and oxygen atoms in total. The van der Waals surface area contributed by atoms with Crippen LogP contribution >= 0.6 is 11.3 Å². The SMILES string of the molecule is COC(=O)c1sccc1NC(=O)C1CCN(C(=O)c2ccc(C(F)(F)F)cc2)CC1. The number of hydrogen-bond donors (Lipinski definition) is 1. The number of thiophene rings is 1. The van der Waals surface area contributed by atoms with Crippen molar-refractivity contribution in [2.24, 2.45) is 5.92 Å². The molecule has 1 aliphatic rings. The largest absolute Gasteiger partial charge is 0.465 e. The highest BCUT2D eigenvalue weighted by Gasteiger charge is 2.31. The zero-order valence-corrected chi connectivity index (χ0v) is 16.8. The lowest BCUT2D eigenvalue weighted by atomic mass is 9.95. The van der Waals surface area contributed by atoms with Crippen LogP contribution in [0.25, 0.3) is 0 Å². The van der Waals surface area contributed by atoms with Crippen molar-refractivity contribution >= 4 is 34.8 Å². The highest BCUT2D eigenvalue weighted by Crippen LogP contribution is 2.30. The summed E-state index contributed by atoms with van der Waals surface area (Å²) < 4.78 is 42.7. The van der Waals surface area contributed by atoms with E-state index in [1.54, 1.807) is 11.4 Å². The minimum Gasteiger partial charge on any atom is -0.465 e. The van der Waals surface area contributed by atoms with Gasteiger partial charge in [-0.3, -0.25) is 9.59 Å². The predicted molar refractivity (Wildman–Crippen MR) is 104 cm³/mol. The van der Waals surface area contributed by atoms with Gasteiger partial charge in [0.1, 0.15) is 4.88 Å². The molecule has 0 unspecified atom stereocenters. The van der Waals surface area contributed by atoms with E-state index in [-0.39, 0.29) is 23.3 Å². The number of methoxy groups -OCH3 is 1. The first-order chi connectivity index (χ1) is 14.2. The number of anilines is 1. The molecule has 0 aliphatic carbocycles. The summed E-state index contributed by atoms with van der Waals surface area (Å²) in [6.45, 7) is 0.622. The number of alkyl halides is 3. The van der Waals surface area contributed by atoms with Crippen LogP contribution in [0.4, 0.5) is 18.9 Å². The minimum absolute atomic E-state index is 0.173. The number of esters is 1. The van der Waals surface area contributed by atoms with E-state index < -0.39 is 17.7 Å². The van der Waals surface area contributed by atoms with Gasteiger partial charge < -0.3 is 15.0 Å². The molecular weight excluding hydrogens is 421 g/mol. The highest BCUT2D eigenvalue weighted by molar-refractivity contribution is 7.12. The van der Waals surface area contributed by atoms with E-state index in [1.807, 2.05) is 0 Å². The second-order valence-corrected chi connectivity index (χ2v) is 7.70. The van der Waals surface area contributed by atoms with Crippen LogP contribution < -0.4 is 5.32 Å². The molecule has 1 N–H and O–H groups in total. The fourth-order valence-corrected chi connectivity index (χ4v) is 3.99. The first-order valence-corrected chi connectivity index (χ1v) is 10.0. The molecule has 0 saturated carbocycles. The highest BCUT2D eigenvalue weighted by atomic mass is 32.1. The van der Waals surface area contributed by atoms with Crippen molar-refractivity contribution in [3.05, 3.63) is 51.7 Å². The third-order valence-corrected chi connectivity index (χ3v) is 5.80. The Kier molecular flexibility index (Phi) is 6.45. The summed E-state index contributed by atoms with van der Waals surface area (Å²) in [4.78, 5) is 38.6. The molecule has 0 bridgehead atoms. The lowest BCUT2D eigenvalue weighted by Gasteiger charge is -2.31. The molecule has 160 valence electrons. The fraction of sp³-hybridized carbons (Fsp3) is 0.350. The number of likely N-dealkylation sites (tertiary alicyclic amines) is 1. The Morgan fingerprint density at radius 1 is 1.10 bits per heavy atom. The Morgan fingerprint density at radius 2 is 1.73 bits per heavy atom. The van der Waals surface area contributed by atoms with Crippen LogP contribution in [0.5, 0.6) is 0 Å². The number of benzene rings is 1. The molecule has 0 spiro atoms. The van der Waals surface area contributed by atoms with Crippen LogP contribution in [0.2, 0.25) is 0 Å². The summed E-state index contributed by atoms with van der Waals surface area (Å²) in [5.74, 6) is -1.49. The van der Waals surface area contributed by atoms with Gasteiger partial charge in [-0.2, -0.15) is 13.2 Å². The van der Waals surface area contributed by atoms with Gasteiger partial charge in [-0.05, 0) is 48.6 Å². The van der Waals surface area contributed by atoms with Crippen molar-refractivity contribution in [2.45, 2.75) is 19.0 Å². The number of carbonyl (C=O) groups excluding carboxylic acids is 3. The first kappa shape index (κ1) is 21.8. The zero-order valence-electron chi connectivity index (χ0n) is 16.0. The molecule has 1 aromatic carbocycles. The summed E-state index contributed by atoms with van der Waals surface area (Å²) in [6, 6.07) is 5.71. The molecule has 1 saturated heterocycles. The van der Waals surface area contributed by atoms with Gasteiger partial charge in [0.25, 0.3) is 5.91 Å². The predicted octanol–water partition coefficient (Wildman–Crippen LogP) is 4.04. The first-order valence-electron chi connectivity index (χ1n) is 9.14. The van der Waals surface area contributed by atoms with Crippen molar-refractivity contribution < 1.29 is 32.3 Å². The number of hydrogen-bond acceptors (Lipinski definition) is 5. The molecule has 30 heavy (non-hydrogen) atoms. The molecule has 3 rings (SSSR count). The molecule has 10 heteroatoms. The van der Waals surface area contributed by atoms with Crippen molar-refractivity contribution in [2.75, 3.05) is 25.5 Å². The van der Waals surface area contributed by atoms with Gasteiger partial charge in [-0.15, -0.1) is 11.3 Å². The monoisotopic (exact) mass is 440 g/mol. The second-order valence-electron chi connectivity index (χ2n) is 6.79. The molecule has 1 fully saturated rings. The Morgan fingerprint density at radius 3 is 2.30 bits per heavy atom. The number of carbonyl (C=O) groups is 3. The van der Waals surface area contributed by atoms with Crippen LogP contribution in [-0.2, 0) is 15.7 Å². The Hall–Kier alpha value is -2.88. The number of rotatable bonds is 4. The van der Waals surface area contributed by atoms with Crippen molar-refractivity contribution in [1.29, 1.82) is 0 Å². The Labute approximate surface area is 174 Å². The van der Waals surface area contributed by atoms with E-state index in [9.17, 15) is 27.6 Å². The summed E-state index contributed by atoms with van der Waals surface area (Å²) in [6.07, 6.45) is -3.63. The zero-order chi connectivity index (χ0) is 21.9. The molecule has 2 heterocycles. The lowest BCUT2D eigenvalue weighted by Crippen LogP contribution is -2.41. The van der Waals surface area contributed by atoms with E-state index in [0.717, 1.165) is 35.6 Å². The van der Waals surface area contributed by atoms with Gasteiger partial charge >= 0.3 is 12.1 Å². The number of amides is 2. The third kappa shape index (κ3) is 4.81. The number of nitrogens with zero attached hydrogens (tertiary/aromatic N) is 1. The molecule has 1 aliphatic heterocycles. The van der Waals surface area contributed by atoms with E-state index in [2.05, 4.69) is 10.1 Å². The maximum absolute atomic E-state index is 12.7. The number of ether oxygens (including phenoxy) is 1. The minimum atomic E-state index is -4.45. The standard InChI is InChI=1S/C20H19F3N2O4S/c1-29-19(28)16-15(8-11-30-16)24-17(26)12-6-9-25(10-7-12)18(27)13-2-4-14(5-3-13)20(21,22)23/h2-5,8,11-12H,6-7,9-10H2,1H3,(H,24,26). The van der Waals surface area contributed by atoms with Crippen LogP contribution in [0.15, 0.2) is 35.7 Å². The van der Waals surface area contributed by atoms with E-state index in [4.69, 9.17) is 0 Å². The Balaban J connectivity index is 1.57. The van der Waals surface area contributed by atoms with Crippen molar-refractivity contribution in [3.8, 4) is 0 Å². The average molecular weight is 440 g/mol. The molecule has 2 amide bonds. The van der Waals surface area contributed by atoms with Crippen LogP contribution in [0.3, 0.4) is 0 Å². The number of nitrogens with one attached hydrogen (secondary N) is 1. The topological polar surface area (TPSA) is 75.7 Å². The van der Waals surface area contributed by atoms with E-state index in [1.165, 1.54) is 12.0 Å². The van der Waals surface area contributed by atoms with Crippen LogP contribution in [0.1, 0.15) is 38.4 Å². The van der Waals surface area contributed by atoms with Crippen molar-refractivity contribution in [3.63, 3.8) is 0 Å². The van der Waals surface area contributed by atoms with E-state index >= 15 is 0 Å². The van der Waals surface area contributed by atoms with Gasteiger partial charge in [0.15, 0.2) is 0 Å². The second kappa shape index (κ2) is 8.86. The average Bonchev–Trinajstić information content (AvgIpc) is 3.20. The molecular formula is C20H19F3N2O4S. The molecule has 2 aromatic rings. The maximum atomic E-state index is 12.7. The quantitative estimate of drug-likeness (QED) is 0.728. The van der Waals surface area contributed by atoms with E-state index in [0.29, 0.717) is 36.5 Å². The molecule has 1 aromatic heterocycles. The van der Waals surface area contributed by atoms with Gasteiger partial charge in [0.05, 0.1) is 18.4 Å². The van der Waals surface area contributed by atoms with Crippen LogP contribution in [-0.4, -0.2) is 42.9 Å². The van der Waals surface area contributed by atoms with Gasteiger partial charge in [-0.25, -0.2) is 4.79 Å². The molecule has 0 atom stereocenters. The van der Waals surface area contributed by atoms with Crippen LogP contribution in [0, 0.1) is 5.92 Å². The lowest BCUT2D eigenvalue weighted by molar-refractivity contribution is -0.137. The van der Waals surface area contributed by atoms with Gasteiger partial charge in [0.2, 0.25) is 5.91 Å².